The van der Waals surface area contributed by atoms with Crippen molar-refractivity contribution >= 4 is 33.0 Å². The van der Waals surface area contributed by atoms with Crippen LogP contribution in [0.25, 0.3) is 0 Å². The van der Waals surface area contributed by atoms with Gasteiger partial charge in [0.1, 0.15) is 0 Å². The van der Waals surface area contributed by atoms with Crippen LogP contribution in [-0.2, 0) is 0 Å². The number of halogens is 4. The molecule has 0 spiro atoms. The second kappa shape index (κ2) is 4.85. The highest BCUT2D eigenvalue weighted by Crippen LogP contribution is 2.29. The lowest BCUT2D eigenvalue weighted by molar-refractivity contribution is 0.104. The quantitative estimate of drug-likeness (QED) is 0.585. The lowest BCUT2D eigenvalue weighted by atomic mass is 10.1. The van der Waals surface area contributed by atoms with Crippen molar-refractivity contribution in [1.82, 2.24) is 0 Å². The van der Waals surface area contributed by atoms with Gasteiger partial charge in [0.2, 0.25) is 5.78 Å². The molecule has 0 aliphatic heterocycles. The van der Waals surface area contributed by atoms with Gasteiger partial charge < -0.3 is 0 Å². The summed E-state index contributed by atoms with van der Waals surface area (Å²) < 4.78 is 39.6. The summed E-state index contributed by atoms with van der Waals surface area (Å²) in [5, 5.41) is 0. The average Bonchev–Trinajstić information content (AvgIpc) is 2.65. The highest BCUT2D eigenvalue weighted by Gasteiger charge is 2.18. The summed E-state index contributed by atoms with van der Waals surface area (Å²) in [4.78, 5) is 12.3. The lowest BCUT2D eigenvalue weighted by Crippen LogP contribution is -2.02. The molecule has 0 bridgehead atoms. The molecule has 0 unspecified atom stereocenters. The van der Waals surface area contributed by atoms with Crippen molar-refractivity contribution in [2.75, 3.05) is 0 Å². The predicted molar refractivity (Wildman–Crippen MR) is 66.5 cm³/mol. The molecule has 94 valence electrons. The summed E-state index contributed by atoms with van der Waals surface area (Å²) in [7, 11) is 0. The van der Waals surface area contributed by atoms with E-state index in [9.17, 15) is 18.0 Å². The average molecular weight is 335 g/mol. The zero-order valence-corrected chi connectivity index (χ0v) is 11.5. The molecule has 0 saturated heterocycles. The van der Waals surface area contributed by atoms with Crippen molar-refractivity contribution < 1.29 is 18.0 Å². The predicted octanol–water partition coefficient (Wildman–Crippen LogP) is 4.47. The maximum absolute atomic E-state index is 13.0. The monoisotopic (exact) mass is 334 g/mol. The largest absolute Gasteiger partial charge is 0.288 e. The van der Waals surface area contributed by atoms with Gasteiger partial charge in [-0.3, -0.25) is 4.79 Å². The van der Waals surface area contributed by atoms with E-state index in [1.54, 1.807) is 13.0 Å². The molecule has 2 rings (SSSR count). The van der Waals surface area contributed by atoms with Crippen molar-refractivity contribution in [1.29, 1.82) is 0 Å². The molecular weight excluding hydrogens is 329 g/mol. The van der Waals surface area contributed by atoms with E-state index in [2.05, 4.69) is 15.9 Å². The molecule has 1 heterocycles. The first-order valence-corrected chi connectivity index (χ1v) is 6.46. The molecule has 1 aromatic carbocycles. The summed E-state index contributed by atoms with van der Waals surface area (Å²) >= 11 is 4.42. The molecule has 1 nitrogen and oxygen atoms in total. The van der Waals surface area contributed by atoms with Crippen LogP contribution in [0.2, 0.25) is 0 Å². The van der Waals surface area contributed by atoms with E-state index in [0.717, 1.165) is 20.7 Å². The highest BCUT2D eigenvalue weighted by atomic mass is 79.9. The fourth-order valence-corrected chi connectivity index (χ4v) is 2.90. The Morgan fingerprint density at radius 2 is 1.72 bits per heavy atom. The Kier molecular flexibility index (Phi) is 3.59. The third-order valence-electron chi connectivity index (χ3n) is 2.33. The van der Waals surface area contributed by atoms with Gasteiger partial charge in [-0.15, -0.1) is 11.3 Å². The standard InChI is InChI=1S/C12H6BrF3OS/c1-5-2-9(18-12(5)13)11(17)6-3-7(14)10(16)8(15)4-6/h2-4H,1H3. The fraction of sp³-hybridized carbons (Fsp3) is 0.0833. The Hall–Kier alpha value is -1.14. The van der Waals surface area contributed by atoms with Gasteiger partial charge in [-0.05, 0) is 46.6 Å². The molecule has 2 aromatic rings. The minimum atomic E-state index is -1.57. The van der Waals surface area contributed by atoms with Crippen LogP contribution in [0, 0.1) is 24.4 Å². The number of rotatable bonds is 2. The first-order chi connectivity index (χ1) is 8.40. The normalized spacial score (nSPS) is 10.7. The maximum Gasteiger partial charge on any atom is 0.203 e. The molecule has 0 radical (unpaired) electrons. The molecule has 6 heteroatoms. The molecule has 1 aromatic heterocycles. The summed E-state index contributed by atoms with van der Waals surface area (Å²) in [5.74, 6) is -4.85. The third-order valence-corrected chi connectivity index (χ3v) is 4.46. The number of aryl methyl sites for hydroxylation is 1. The SMILES string of the molecule is Cc1cc(C(=O)c2cc(F)c(F)c(F)c2)sc1Br. The van der Waals surface area contributed by atoms with Gasteiger partial charge in [0.25, 0.3) is 0 Å². The molecular formula is C12H6BrF3OS. The molecule has 18 heavy (non-hydrogen) atoms. The van der Waals surface area contributed by atoms with Crippen LogP contribution >= 0.6 is 27.3 Å². The molecule has 0 aliphatic carbocycles. The number of benzene rings is 1. The van der Waals surface area contributed by atoms with Gasteiger partial charge in [0, 0.05) is 5.56 Å². The minimum absolute atomic E-state index is 0.208. The number of ketones is 1. The smallest absolute Gasteiger partial charge is 0.203 e. The Labute approximate surface area is 113 Å². The van der Waals surface area contributed by atoms with Crippen LogP contribution in [0.15, 0.2) is 22.0 Å². The lowest BCUT2D eigenvalue weighted by Gasteiger charge is -2.00. The molecule has 0 fully saturated rings. The molecule has 0 amide bonds. The van der Waals surface area contributed by atoms with E-state index in [1.165, 1.54) is 0 Å². The van der Waals surface area contributed by atoms with E-state index in [4.69, 9.17) is 0 Å². The van der Waals surface area contributed by atoms with Crippen LogP contribution in [0.1, 0.15) is 20.8 Å². The van der Waals surface area contributed by atoms with E-state index in [-0.39, 0.29) is 5.56 Å². The van der Waals surface area contributed by atoms with E-state index < -0.39 is 23.2 Å². The first-order valence-electron chi connectivity index (χ1n) is 4.85. The minimum Gasteiger partial charge on any atom is -0.288 e. The zero-order chi connectivity index (χ0) is 13.4. The number of carbonyl (C=O) groups excluding carboxylic acids is 1. The van der Waals surface area contributed by atoms with Gasteiger partial charge in [0.05, 0.1) is 8.66 Å². The zero-order valence-electron chi connectivity index (χ0n) is 9.06. The molecule has 0 atom stereocenters. The maximum atomic E-state index is 13.0. The summed E-state index contributed by atoms with van der Waals surface area (Å²) in [5.41, 5.74) is 0.645. The molecule has 0 aliphatic rings. The van der Waals surface area contributed by atoms with Crippen molar-refractivity contribution in [2.45, 2.75) is 6.92 Å². The van der Waals surface area contributed by atoms with E-state index in [0.29, 0.717) is 17.0 Å². The van der Waals surface area contributed by atoms with Crippen molar-refractivity contribution in [3.8, 4) is 0 Å². The van der Waals surface area contributed by atoms with Gasteiger partial charge in [0.15, 0.2) is 17.5 Å². The topological polar surface area (TPSA) is 17.1 Å². The van der Waals surface area contributed by atoms with Crippen LogP contribution in [0.3, 0.4) is 0 Å². The van der Waals surface area contributed by atoms with Crippen LogP contribution in [0.5, 0.6) is 0 Å². The number of thiophene rings is 1. The fourth-order valence-electron chi connectivity index (χ4n) is 1.40. The third kappa shape index (κ3) is 2.35. The number of hydrogen-bond acceptors (Lipinski definition) is 2. The summed E-state index contributed by atoms with van der Waals surface area (Å²) in [6.45, 7) is 1.79. The van der Waals surface area contributed by atoms with Gasteiger partial charge in [-0.2, -0.15) is 0 Å². The summed E-state index contributed by atoms with van der Waals surface area (Å²) in [6.07, 6.45) is 0. The number of carbonyl (C=O) groups is 1. The Balaban J connectivity index is 2.46. The van der Waals surface area contributed by atoms with E-state index in [1.807, 2.05) is 0 Å². The van der Waals surface area contributed by atoms with Crippen LogP contribution in [0.4, 0.5) is 13.2 Å². The van der Waals surface area contributed by atoms with Crippen molar-refractivity contribution in [3.05, 3.63) is 55.4 Å². The summed E-state index contributed by atoms with van der Waals surface area (Å²) in [6, 6.07) is 3.00. The van der Waals surface area contributed by atoms with Crippen LogP contribution in [-0.4, -0.2) is 5.78 Å². The number of hydrogen-bond donors (Lipinski definition) is 0. The second-order valence-corrected chi connectivity index (χ2v) is 6.02. The highest BCUT2D eigenvalue weighted by molar-refractivity contribution is 9.11. The van der Waals surface area contributed by atoms with E-state index >= 15 is 0 Å². The van der Waals surface area contributed by atoms with Gasteiger partial charge in [-0.25, -0.2) is 13.2 Å². The van der Waals surface area contributed by atoms with Crippen LogP contribution < -0.4 is 0 Å². The molecule has 0 saturated carbocycles. The Morgan fingerprint density at radius 1 is 1.17 bits per heavy atom. The molecule has 0 N–H and O–H groups in total. The second-order valence-electron chi connectivity index (χ2n) is 3.65. The Bertz CT molecular complexity index is 594. The van der Waals surface area contributed by atoms with Crippen molar-refractivity contribution in [3.63, 3.8) is 0 Å². The van der Waals surface area contributed by atoms with Crippen molar-refractivity contribution in [2.24, 2.45) is 0 Å². The van der Waals surface area contributed by atoms with Gasteiger partial charge in [-0.1, -0.05) is 0 Å². The van der Waals surface area contributed by atoms with Gasteiger partial charge >= 0.3 is 0 Å². The Morgan fingerprint density at radius 3 is 2.17 bits per heavy atom. The first kappa shape index (κ1) is 13.3.